The fourth-order valence-electron chi connectivity index (χ4n) is 0.710. The fourth-order valence-corrected chi connectivity index (χ4v) is 1.37. The van der Waals surface area contributed by atoms with Crippen molar-refractivity contribution < 1.29 is 0 Å². The second-order valence-electron chi connectivity index (χ2n) is 2.68. The number of H-pyrrole nitrogens is 1. The molecule has 0 aromatic carbocycles. The first-order valence-electron chi connectivity index (χ1n) is 3.60. The number of hydrogen-bond acceptors (Lipinski definition) is 3. The Kier molecular flexibility index (Phi) is 2.82. The highest BCUT2D eigenvalue weighted by Crippen LogP contribution is 2.16. The Balaban J connectivity index is 2.39. The highest BCUT2D eigenvalue weighted by Gasteiger charge is 1.99. The minimum atomic E-state index is 0.573. The quantitative estimate of drug-likeness (QED) is 0.726. The van der Waals surface area contributed by atoms with E-state index < -0.39 is 0 Å². The van der Waals surface area contributed by atoms with Gasteiger partial charge in [-0.3, -0.25) is 5.10 Å². The largest absolute Gasteiger partial charge is 0.382 e. The molecular weight excluding hydrogens is 158 g/mol. The van der Waals surface area contributed by atoms with Crippen LogP contribution in [0, 0.1) is 0 Å². The molecule has 1 aromatic heterocycles. The minimum Gasteiger partial charge on any atom is -0.382 e. The van der Waals surface area contributed by atoms with Crippen LogP contribution in [-0.2, 0) is 5.75 Å². The normalized spacial score (nSPS) is 10.8. The summed E-state index contributed by atoms with van der Waals surface area (Å²) in [5.74, 6) is 1.53. The van der Waals surface area contributed by atoms with Gasteiger partial charge in [0.2, 0.25) is 0 Å². The molecule has 0 bridgehead atoms. The van der Waals surface area contributed by atoms with Gasteiger partial charge in [0.05, 0.1) is 0 Å². The van der Waals surface area contributed by atoms with Crippen LogP contribution >= 0.6 is 11.8 Å². The van der Waals surface area contributed by atoms with E-state index in [0.717, 1.165) is 11.4 Å². The Morgan fingerprint density at radius 1 is 1.73 bits per heavy atom. The third-order valence-electron chi connectivity index (χ3n) is 1.22. The lowest BCUT2D eigenvalue weighted by Gasteiger charge is -2.00. The lowest BCUT2D eigenvalue weighted by Crippen LogP contribution is -1.88. The van der Waals surface area contributed by atoms with Gasteiger partial charge in [-0.2, -0.15) is 16.9 Å². The summed E-state index contributed by atoms with van der Waals surface area (Å²) in [6.07, 6.45) is 0. The molecule has 11 heavy (non-hydrogen) atoms. The smallest absolute Gasteiger partial charge is 0.145 e. The molecule has 1 rings (SSSR count). The molecule has 62 valence electrons. The van der Waals surface area contributed by atoms with Gasteiger partial charge in [-0.05, 0) is 5.25 Å². The summed E-state index contributed by atoms with van der Waals surface area (Å²) in [6, 6.07) is 1.87. The zero-order valence-corrected chi connectivity index (χ0v) is 7.61. The third-order valence-corrected chi connectivity index (χ3v) is 2.37. The van der Waals surface area contributed by atoms with Crippen LogP contribution in [0.5, 0.6) is 0 Å². The van der Waals surface area contributed by atoms with Crippen LogP contribution in [0.4, 0.5) is 5.82 Å². The zero-order chi connectivity index (χ0) is 8.27. The predicted molar refractivity (Wildman–Crippen MR) is 49.4 cm³/mol. The summed E-state index contributed by atoms with van der Waals surface area (Å²) < 4.78 is 0. The molecule has 0 radical (unpaired) electrons. The SMILES string of the molecule is CC(C)SCc1cc(N)n[nH]1. The van der Waals surface area contributed by atoms with Gasteiger partial charge in [-0.15, -0.1) is 0 Å². The van der Waals surface area contributed by atoms with Crippen molar-refractivity contribution in [3.63, 3.8) is 0 Å². The Labute approximate surface area is 70.8 Å². The van der Waals surface area contributed by atoms with Crippen molar-refractivity contribution in [2.24, 2.45) is 0 Å². The Hall–Kier alpha value is -0.640. The molecule has 0 fully saturated rings. The molecule has 0 saturated carbocycles. The van der Waals surface area contributed by atoms with Crippen molar-refractivity contribution in [3.8, 4) is 0 Å². The van der Waals surface area contributed by atoms with Crippen LogP contribution in [0.3, 0.4) is 0 Å². The molecule has 0 aliphatic heterocycles. The van der Waals surface area contributed by atoms with Crippen LogP contribution in [0.15, 0.2) is 6.07 Å². The first kappa shape index (κ1) is 8.46. The van der Waals surface area contributed by atoms with Crippen molar-refractivity contribution in [3.05, 3.63) is 11.8 Å². The van der Waals surface area contributed by atoms with E-state index in [-0.39, 0.29) is 0 Å². The molecule has 0 amide bonds. The van der Waals surface area contributed by atoms with E-state index in [2.05, 4.69) is 24.0 Å². The maximum atomic E-state index is 5.43. The van der Waals surface area contributed by atoms with Gasteiger partial charge in [-0.1, -0.05) is 13.8 Å². The monoisotopic (exact) mass is 171 g/mol. The summed E-state index contributed by atoms with van der Waals surface area (Å²) in [5.41, 5.74) is 6.53. The summed E-state index contributed by atoms with van der Waals surface area (Å²) in [6.45, 7) is 4.34. The van der Waals surface area contributed by atoms with E-state index in [1.165, 1.54) is 0 Å². The number of rotatable bonds is 3. The summed E-state index contributed by atoms with van der Waals surface area (Å²) in [5, 5.41) is 7.35. The molecule has 1 heterocycles. The first-order chi connectivity index (χ1) is 5.18. The molecule has 0 saturated heterocycles. The molecule has 3 nitrogen and oxygen atoms in total. The molecule has 0 spiro atoms. The van der Waals surface area contributed by atoms with Crippen molar-refractivity contribution >= 4 is 17.6 Å². The maximum Gasteiger partial charge on any atom is 0.145 e. The topological polar surface area (TPSA) is 54.7 Å². The van der Waals surface area contributed by atoms with E-state index >= 15 is 0 Å². The molecule has 0 atom stereocenters. The second kappa shape index (κ2) is 3.67. The number of hydrogen-bond donors (Lipinski definition) is 2. The minimum absolute atomic E-state index is 0.573. The number of thioether (sulfide) groups is 1. The van der Waals surface area contributed by atoms with Crippen molar-refractivity contribution in [1.29, 1.82) is 0 Å². The van der Waals surface area contributed by atoms with Gasteiger partial charge >= 0.3 is 0 Å². The van der Waals surface area contributed by atoms with E-state index in [1.54, 1.807) is 0 Å². The van der Waals surface area contributed by atoms with Crippen LogP contribution in [0.25, 0.3) is 0 Å². The number of nitrogen functional groups attached to an aromatic ring is 1. The lowest BCUT2D eigenvalue weighted by molar-refractivity contribution is 1.03. The molecule has 0 aliphatic rings. The molecule has 1 aromatic rings. The van der Waals surface area contributed by atoms with Gasteiger partial charge in [0.25, 0.3) is 0 Å². The molecule has 4 heteroatoms. The fraction of sp³-hybridized carbons (Fsp3) is 0.571. The van der Waals surface area contributed by atoms with Crippen molar-refractivity contribution in [2.75, 3.05) is 5.73 Å². The summed E-state index contributed by atoms with van der Waals surface area (Å²) in [7, 11) is 0. The number of aromatic amines is 1. The zero-order valence-electron chi connectivity index (χ0n) is 6.79. The Bertz CT molecular complexity index is 219. The second-order valence-corrected chi connectivity index (χ2v) is 4.24. The number of aromatic nitrogens is 2. The predicted octanol–water partition coefficient (Wildman–Crippen LogP) is 1.63. The van der Waals surface area contributed by atoms with Crippen LogP contribution in [0.1, 0.15) is 19.5 Å². The average Bonchev–Trinajstić information content (AvgIpc) is 2.31. The third kappa shape index (κ3) is 2.84. The highest BCUT2D eigenvalue weighted by atomic mass is 32.2. The van der Waals surface area contributed by atoms with Gasteiger partial charge in [-0.25, -0.2) is 0 Å². The van der Waals surface area contributed by atoms with Crippen molar-refractivity contribution in [1.82, 2.24) is 10.2 Å². The number of nitrogens with two attached hydrogens (primary N) is 1. The van der Waals surface area contributed by atoms with Gasteiger partial charge < -0.3 is 5.73 Å². The number of nitrogens with one attached hydrogen (secondary N) is 1. The van der Waals surface area contributed by atoms with Gasteiger partial charge in [0, 0.05) is 17.5 Å². The van der Waals surface area contributed by atoms with Gasteiger partial charge in [0.1, 0.15) is 5.82 Å². The molecule has 0 aliphatic carbocycles. The van der Waals surface area contributed by atoms with Crippen LogP contribution in [0.2, 0.25) is 0 Å². The Morgan fingerprint density at radius 3 is 2.91 bits per heavy atom. The van der Waals surface area contributed by atoms with Gasteiger partial charge in [0.15, 0.2) is 0 Å². The number of nitrogens with zero attached hydrogens (tertiary/aromatic N) is 1. The Morgan fingerprint density at radius 2 is 2.45 bits per heavy atom. The average molecular weight is 171 g/mol. The molecule has 3 N–H and O–H groups in total. The van der Waals surface area contributed by atoms with Crippen LogP contribution < -0.4 is 5.73 Å². The summed E-state index contributed by atoms with van der Waals surface area (Å²) >= 11 is 1.87. The van der Waals surface area contributed by atoms with E-state index in [4.69, 9.17) is 5.73 Å². The van der Waals surface area contributed by atoms with Crippen molar-refractivity contribution in [2.45, 2.75) is 24.9 Å². The van der Waals surface area contributed by atoms with E-state index in [0.29, 0.717) is 11.1 Å². The molecule has 0 unspecified atom stereocenters. The summed E-state index contributed by atoms with van der Waals surface area (Å²) in [4.78, 5) is 0. The lowest BCUT2D eigenvalue weighted by atomic mass is 10.5. The number of anilines is 1. The first-order valence-corrected chi connectivity index (χ1v) is 4.64. The molecular formula is C7H13N3S. The maximum absolute atomic E-state index is 5.43. The highest BCUT2D eigenvalue weighted by molar-refractivity contribution is 7.99. The van der Waals surface area contributed by atoms with E-state index in [9.17, 15) is 0 Å². The van der Waals surface area contributed by atoms with E-state index in [1.807, 2.05) is 17.8 Å². The van der Waals surface area contributed by atoms with Crippen LogP contribution in [-0.4, -0.2) is 15.4 Å². The standard InChI is InChI=1S/C7H13N3S/c1-5(2)11-4-6-3-7(8)10-9-6/h3,5H,4H2,1-2H3,(H3,8,9,10).